The van der Waals surface area contributed by atoms with Crippen molar-refractivity contribution >= 4 is 18.0 Å². The topological polar surface area (TPSA) is 103 Å². The minimum absolute atomic E-state index is 0.0195. The molecule has 0 aliphatic carbocycles. The Balaban J connectivity index is 1.43. The number of nitrogens with one attached hydrogen (secondary N) is 1. The van der Waals surface area contributed by atoms with Gasteiger partial charge in [-0.3, -0.25) is 14.5 Å². The lowest BCUT2D eigenvalue weighted by Gasteiger charge is -2.28. The van der Waals surface area contributed by atoms with Crippen molar-refractivity contribution < 1.29 is 33.3 Å². The highest BCUT2D eigenvalue weighted by Crippen LogP contribution is 2.26. The lowest BCUT2D eigenvalue weighted by Crippen LogP contribution is -2.51. The van der Waals surface area contributed by atoms with Gasteiger partial charge in [0.05, 0.1) is 19.6 Å². The van der Waals surface area contributed by atoms with Crippen molar-refractivity contribution in [2.24, 2.45) is 0 Å². The number of likely N-dealkylation sites (tertiary alicyclic amines) is 1. The van der Waals surface area contributed by atoms with Gasteiger partial charge in [0.15, 0.2) is 0 Å². The molecule has 2 aliphatic rings. The molecule has 0 spiro atoms. The van der Waals surface area contributed by atoms with E-state index in [-0.39, 0.29) is 26.0 Å². The molecule has 1 unspecified atom stereocenters. The first kappa shape index (κ1) is 25.5. The lowest BCUT2D eigenvalue weighted by molar-refractivity contribution is -0.168. The second-order valence-corrected chi connectivity index (χ2v) is 9.91. The van der Waals surface area contributed by atoms with Crippen molar-refractivity contribution in [1.29, 1.82) is 0 Å². The van der Waals surface area contributed by atoms with E-state index in [4.69, 9.17) is 18.9 Å². The highest BCUT2D eigenvalue weighted by molar-refractivity contribution is 5.87. The van der Waals surface area contributed by atoms with Crippen LogP contribution in [-0.2, 0) is 30.4 Å². The van der Waals surface area contributed by atoms with Crippen molar-refractivity contribution in [2.75, 3.05) is 6.54 Å². The molecule has 2 saturated heterocycles. The fraction of sp³-hybridized carbons (Fsp3) is 0.444. The fourth-order valence-electron chi connectivity index (χ4n) is 4.18. The molecule has 0 aromatic heterocycles. The maximum Gasteiger partial charge on any atom is 0.411 e. The molecular weight excluding hydrogens is 464 g/mol. The molecule has 36 heavy (non-hydrogen) atoms. The Morgan fingerprint density at radius 3 is 2.39 bits per heavy atom. The number of rotatable bonds is 7. The molecular formula is C27H32N2O7. The maximum absolute atomic E-state index is 13.4. The molecule has 0 radical (unpaired) electrons. The predicted molar refractivity (Wildman–Crippen MR) is 130 cm³/mol. The Kier molecular flexibility index (Phi) is 7.79. The summed E-state index contributed by atoms with van der Waals surface area (Å²) in [5.41, 5.74) is 0.191. The van der Waals surface area contributed by atoms with E-state index in [1.54, 1.807) is 20.8 Å². The third kappa shape index (κ3) is 6.75. The van der Waals surface area contributed by atoms with Crippen LogP contribution in [0.2, 0.25) is 0 Å². The van der Waals surface area contributed by atoms with Gasteiger partial charge in [-0.1, -0.05) is 48.5 Å². The number of carbonyl (C=O) groups is 3. The zero-order valence-corrected chi connectivity index (χ0v) is 20.7. The Bertz CT molecular complexity index is 1050. The summed E-state index contributed by atoms with van der Waals surface area (Å²) in [6.07, 6.45) is -1.67. The van der Waals surface area contributed by atoms with E-state index in [0.29, 0.717) is 5.75 Å². The normalized spacial score (nSPS) is 23.8. The van der Waals surface area contributed by atoms with Gasteiger partial charge in [0.1, 0.15) is 29.5 Å². The predicted octanol–water partition coefficient (Wildman–Crippen LogP) is 3.42. The highest BCUT2D eigenvalue weighted by Gasteiger charge is 2.45. The van der Waals surface area contributed by atoms with Gasteiger partial charge in [-0.25, -0.2) is 4.79 Å². The summed E-state index contributed by atoms with van der Waals surface area (Å²) in [6, 6.07) is 17.2. The number of hydrogen-bond acceptors (Lipinski definition) is 7. The molecule has 4 rings (SSSR count). The van der Waals surface area contributed by atoms with Crippen LogP contribution in [0, 0.1) is 0 Å². The Morgan fingerprint density at radius 2 is 1.72 bits per heavy atom. The lowest BCUT2D eigenvalue weighted by atomic mass is 10.1. The second-order valence-electron chi connectivity index (χ2n) is 9.91. The van der Waals surface area contributed by atoms with Gasteiger partial charge in [-0.05, 0) is 38.5 Å². The molecule has 9 nitrogen and oxygen atoms in total. The first-order valence-electron chi connectivity index (χ1n) is 12.0. The van der Waals surface area contributed by atoms with Gasteiger partial charge in [-0.15, -0.1) is 0 Å². The summed E-state index contributed by atoms with van der Waals surface area (Å²) < 4.78 is 22.7. The van der Waals surface area contributed by atoms with Gasteiger partial charge in [0, 0.05) is 6.42 Å². The van der Waals surface area contributed by atoms with Gasteiger partial charge >= 0.3 is 12.1 Å². The summed E-state index contributed by atoms with van der Waals surface area (Å²) in [7, 11) is 0. The van der Waals surface area contributed by atoms with E-state index in [0.717, 1.165) is 5.56 Å². The van der Waals surface area contributed by atoms with E-state index in [2.05, 4.69) is 5.32 Å². The van der Waals surface area contributed by atoms with Gasteiger partial charge in [0.25, 0.3) is 0 Å². The van der Waals surface area contributed by atoms with Crippen molar-refractivity contribution in [3.8, 4) is 5.75 Å². The van der Waals surface area contributed by atoms with Crippen LogP contribution in [-0.4, -0.2) is 59.5 Å². The van der Waals surface area contributed by atoms with Crippen LogP contribution in [0.25, 0.3) is 0 Å². The Morgan fingerprint density at radius 1 is 1.06 bits per heavy atom. The number of para-hydroxylation sites is 1. The number of nitrogens with zero attached hydrogens (tertiary/aromatic N) is 1. The average molecular weight is 497 g/mol. The zero-order chi connectivity index (χ0) is 25.7. The number of cyclic esters (lactones) is 1. The molecule has 2 aliphatic heterocycles. The molecule has 1 N–H and O–H groups in total. The van der Waals surface area contributed by atoms with Crippen molar-refractivity contribution in [3.63, 3.8) is 0 Å². The van der Waals surface area contributed by atoms with Crippen LogP contribution in [0.4, 0.5) is 4.79 Å². The monoisotopic (exact) mass is 496 g/mol. The first-order chi connectivity index (χ1) is 17.2. The van der Waals surface area contributed by atoms with Crippen LogP contribution in [0.3, 0.4) is 0 Å². The standard InChI is InChI=1S/C27H32N2O7/c1-27(2,3)36-26(32)29-16-20(34-19-12-8-5-9-13-19)14-22(29)24(31)28-21-15-23(30)35-25(21)33-17-18-10-6-4-7-11-18/h4-13,20-22,25H,14-17H2,1-3H3,(H,28,31)/t20-,21+,22+,25?/m1/s1. The quantitative estimate of drug-likeness (QED) is 0.586. The van der Waals surface area contributed by atoms with E-state index in [1.807, 2.05) is 60.7 Å². The molecule has 2 amide bonds. The number of ether oxygens (including phenoxy) is 4. The summed E-state index contributed by atoms with van der Waals surface area (Å²) in [6.45, 7) is 5.72. The van der Waals surface area contributed by atoms with Crippen LogP contribution in [0.15, 0.2) is 60.7 Å². The van der Waals surface area contributed by atoms with E-state index in [9.17, 15) is 14.4 Å². The van der Waals surface area contributed by atoms with Crippen LogP contribution < -0.4 is 10.1 Å². The largest absolute Gasteiger partial charge is 0.488 e. The first-order valence-corrected chi connectivity index (χ1v) is 12.0. The van der Waals surface area contributed by atoms with Crippen LogP contribution >= 0.6 is 0 Å². The van der Waals surface area contributed by atoms with Gasteiger partial charge in [-0.2, -0.15) is 0 Å². The average Bonchev–Trinajstić information content (AvgIpc) is 3.41. The summed E-state index contributed by atoms with van der Waals surface area (Å²) >= 11 is 0. The van der Waals surface area contributed by atoms with E-state index >= 15 is 0 Å². The summed E-state index contributed by atoms with van der Waals surface area (Å²) in [5, 5.41) is 2.85. The minimum Gasteiger partial charge on any atom is -0.488 e. The smallest absolute Gasteiger partial charge is 0.411 e. The van der Waals surface area contributed by atoms with E-state index in [1.165, 1.54) is 4.90 Å². The number of benzene rings is 2. The van der Waals surface area contributed by atoms with Crippen LogP contribution in [0.5, 0.6) is 5.75 Å². The van der Waals surface area contributed by atoms with E-state index < -0.39 is 48.0 Å². The van der Waals surface area contributed by atoms with Crippen molar-refractivity contribution in [1.82, 2.24) is 10.2 Å². The van der Waals surface area contributed by atoms with Gasteiger partial charge in [0.2, 0.25) is 12.2 Å². The summed E-state index contributed by atoms with van der Waals surface area (Å²) in [5.74, 6) is -0.229. The third-order valence-electron chi connectivity index (χ3n) is 5.79. The zero-order valence-electron chi connectivity index (χ0n) is 20.7. The molecule has 4 atom stereocenters. The molecule has 0 bridgehead atoms. The molecule has 2 fully saturated rings. The Labute approximate surface area is 210 Å². The molecule has 2 aromatic rings. The van der Waals surface area contributed by atoms with Crippen molar-refractivity contribution in [2.45, 2.75) is 70.3 Å². The summed E-state index contributed by atoms with van der Waals surface area (Å²) in [4.78, 5) is 39.7. The maximum atomic E-state index is 13.4. The van der Waals surface area contributed by atoms with Crippen molar-refractivity contribution in [3.05, 3.63) is 66.2 Å². The third-order valence-corrected chi connectivity index (χ3v) is 5.79. The SMILES string of the molecule is CC(C)(C)OC(=O)N1C[C@H](Oc2ccccc2)C[C@H]1C(=O)N[C@H]1CC(=O)OC1OCc1ccccc1. The Hall–Kier alpha value is -3.59. The molecule has 2 heterocycles. The molecule has 2 aromatic carbocycles. The fourth-order valence-corrected chi connectivity index (χ4v) is 4.18. The van der Waals surface area contributed by atoms with Gasteiger partial charge < -0.3 is 24.3 Å². The second kappa shape index (κ2) is 11.0. The number of hydrogen-bond donors (Lipinski definition) is 1. The minimum atomic E-state index is -0.922. The molecule has 0 saturated carbocycles. The number of amides is 2. The molecule has 192 valence electrons. The van der Waals surface area contributed by atoms with Crippen LogP contribution in [0.1, 0.15) is 39.2 Å². The number of carbonyl (C=O) groups excluding carboxylic acids is 3. The highest BCUT2D eigenvalue weighted by atomic mass is 16.7. The number of esters is 1. The molecule has 9 heteroatoms.